The predicted octanol–water partition coefficient (Wildman–Crippen LogP) is 2.35. The molecule has 0 unspecified atom stereocenters. The van der Waals surface area contributed by atoms with E-state index < -0.39 is 5.91 Å². The Morgan fingerprint density at radius 1 is 1.19 bits per heavy atom. The molecule has 3 aromatic rings. The lowest BCUT2D eigenvalue weighted by Gasteiger charge is -2.20. The molecule has 8 heteroatoms. The number of aromatic nitrogens is 4. The molecule has 3 rings (SSSR count). The van der Waals surface area contributed by atoms with Crippen molar-refractivity contribution in [3.8, 4) is 0 Å². The number of hydrogen-bond acceptors (Lipinski definition) is 6. The van der Waals surface area contributed by atoms with Crippen molar-refractivity contribution in [2.24, 2.45) is 5.10 Å². The zero-order chi connectivity index (χ0) is 19.4. The van der Waals surface area contributed by atoms with E-state index in [1.807, 2.05) is 44.2 Å². The number of benzene rings is 1. The summed E-state index contributed by atoms with van der Waals surface area (Å²) in [5, 5.41) is 8.18. The largest absolute Gasteiger partial charge is 0.372 e. The average Bonchev–Trinajstić information content (AvgIpc) is 3.08. The smallest absolute Gasteiger partial charge is 0.311 e. The molecular formula is C19H23N7O. The molecule has 0 saturated carbocycles. The second-order valence-corrected chi connectivity index (χ2v) is 6.15. The van der Waals surface area contributed by atoms with Crippen LogP contribution in [-0.2, 0) is 0 Å². The van der Waals surface area contributed by atoms with E-state index in [2.05, 4.69) is 44.3 Å². The lowest BCUT2D eigenvalue weighted by molar-refractivity contribution is 0.0945. The highest BCUT2D eigenvalue weighted by molar-refractivity contribution is 5.91. The highest BCUT2D eigenvalue weighted by Crippen LogP contribution is 2.14. The van der Waals surface area contributed by atoms with Crippen LogP contribution < -0.4 is 10.3 Å². The van der Waals surface area contributed by atoms with Crippen molar-refractivity contribution in [1.29, 1.82) is 0 Å². The predicted molar refractivity (Wildman–Crippen MR) is 105 cm³/mol. The Bertz CT molecular complexity index is 972. The van der Waals surface area contributed by atoms with Crippen molar-refractivity contribution in [2.75, 3.05) is 18.0 Å². The third-order valence-electron chi connectivity index (χ3n) is 4.22. The van der Waals surface area contributed by atoms with E-state index in [9.17, 15) is 4.79 Å². The highest BCUT2D eigenvalue weighted by atomic mass is 16.2. The van der Waals surface area contributed by atoms with Crippen molar-refractivity contribution >= 4 is 23.6 Å². The van der Waals surface area contributed by atoms with Crippen LogP contribution >= 0.6 is 0 Å². The Hall–Kier alpha value is -3.29. The first-order chi connectivity index (χ1) is 13.0. The molecular weight excluding hydrogens is 342 g/mol. The molecule has 27 heavy (non-hydrogen) atoms. The fourth-order valence-corrected chi connectivity index (χ4v) is 2.84. The number of hydrazone groups is 1. The maximum absolute atomic E-state index is 12.2. The SMILES string of the molecule is CCN(CC)c1ccc(/C=N\NC(=O)c2nc3nc(C)cc(C)n3n2)cc1. The van der Waals surface area contributed by atoms with Crippen LogP contribution in [0.5, 0.6) is 0 Å². The zero-order valence-electron chi connectivity index (χ0n) is 16.0. The first kappa shape index (κ1) is 18.5. The minimum Gasteiger partial charge on any atom is -0.372 e. The number of nitrogens with one attached hydrogen (secondary N) is 1. The summed E-state index contributed by atoms with van der Waals surface area (Å²) >= 11 is 0. The molecule has 1 aromatic carbocycles. The Morgan fingerprint density at radius 3 is 2.56 bits per heavy atom. The van der Waals surface area contributed by atoms with Crippen LogP contribution in [0, 0.1) is 13.8 Å². The molecule has 2 aromatic heterocycles. The summed E-state index contributed by atoms with van der Waals surface area (Å²) in [5.41, 5.74) is 6.19. The molecule has 2 heterocycles. The van der Waals surface area contributed by atoms with Gasteiger partial charge in [0, 0.05) is 30.2 Å². The van der Waals surface area contributed by atoms with Crippen LogP contribution in [0.4, 0.5) is 5.69 Å². The van der Waals surface area contributed by atoms with Crippen molar-refractivity contribution in [2.45, 2.75) is 27.7 Å². The third kappa shape index (κ3) is 4.11. The Balaban J connectivity index is 1.67. The number of aryl methyl sites for hydroxylation is 2. The van der Waals surface area contributed by atoms with E-state index in [1.54, 1.807) is 6.21 Å². The number of rotatable bonds is 6. The molecule has 1 N–H and O–H groups in total. The molecule has 0 atom stereocenters. The monoisotopic (exact) mass is 365 g/mol. The lowest BCUT2D eigenvalue weighted by atomic mass is 10.2. The Morgan fingerprint density at radius 2 is 1.89 bits per heavy atom. The molecule has 0 fully saturated rings. The summed E-state index contributed by atoms with van der Waals surface area (Å²) in [5.74, 6) is -0.0487. The van der Waals surface area contributed by atoms with Crippen LogP contribution in [0.15, 0.2) is 35.4 Å². The first-order valence-electron chi connectivity index (χ1n) is 8.91. The summed E-state index contributed by atoms with van der Waals surface area (Å²) in [4.78, 5) is 22.9. The topological polar surface area (TPSA) is 87.8 Å². The molecule has 0 radical (unpaired) electrons. The van der Waals surface area contributed by atoms with Gasteiger partial charge >= 0.3 is 5.91 Å². The van der Waals surface area contributed by atoms with Gasteiger partial charge < -0.3 is 4.90 Å². The van der Waals surface area contributed by atoms with Gasteiger partial charge in [-0.25, -0.2) is 14.9 Å². The van der Waals surface area contributed by atoms with Crippen LogP contribution in [0.3, 0.4) is 0 Å². The van der Waals surface area contributed by atoms with Crippen LogP contribution in [0.1, 0.15) is 41.4 Å². The summed E-state index contributed by atoms with van der Waals surface area (Å²) in [6.07, 6.45) is 1.59. The number of anilines is 1. The van der Waals surface area contributed by atoms with Gasteiger partial charge in [-0.3, -0.25) is 4.79 Å². The molecule has 8 nitrogen and oxygen atoms in total. The van der Waals surface area contributed by atoms with Crippen molar-refractivity contribution in [1.82, 2.24) is 25.0 Å². The fraction of sp³-hybridized carbons (Fsp3) is 0.316. The molecule has 0 aliphatic rings. The van der Waals surface area contributed by atoms with Gasteiger partial charge in [-0.05, 0) is 51.5 Å². The fourth-order valence-electron chi connectivity index (χ4n) is 2.84. The maximum atomic E-state index is 12.2. The van der Waals surface area contributed by atoms with Gasteiger partial charge in [0.25, 0.3) is 5.78 Å². The molecule has 0 aliphatic carbocycles. The van der Waals surface area contributed by atoms with Gasteiger partial charge in [-0.1, -0.05) is 12.1 Å². The van der Waals surface area contributed by atoms with Gasteiger partial charge in [-0.15, -0.1) is 5.10 Å². The van der Waals surface area contributed by atoms with Gasteiger partial charge in [0.15, 0.2) is 0 Å². The van der Waals surface area contributed by atoms with E-state index in [4.69, 9.17) is 0 Å². The molecule has 0 aliphatic heterocycles. The molecule has 0 bridgehead atoms. The van der Waals surface area contributed by atoms with Crippen molar-refractivity contribution in [3.63, 3.8) is 0 Å². The number of hydrogen-bond donors (Lipinski definition) is 1. The summed E-state index contributed by atoms with van der Waals surface area (Å²) in [7, 11) is 0. The van der Waals surface area contributed by atoms with Gasteiger partial charge in [0.2, 0.25) is 5.82 Å². The van der Waals surface area contributed by atoms with Crippen LogP contribution in [0.25, 0.3) is 5.78 Å². The van der Waals surface area contributed by atoms with Gasteiger partial charge in [0.1, 0.15) is 0 Å². The third-order valence-corrected chi connectivity index (χ3v) is 4.22. The molecule has 0 saturated heterocycles. The number of nitrogens with zero attached hydrogens (tertiary/aromatic N) is 6. The maximum Gasteiger partial charge on any atom is 0.311 e. The molecule has 140 valence electrons. The summed E-state index contributed by atoms with van der Waals surface area (Å²) in [6.45, 7) is 9.93. The number of carbonyl (C=O) groups excluding carboxylic acids is 1. The first-order valence-corrected chi connectivity index (χ1v) is 8.91. The second-order valence-electron chi connectivity index (χ2n) is 6.15. The second kappa shape index (κ2) is 7.94. The van der Waals surface area contributed by atoms with Crippen molar-refractivity contribution < 1.29 is 4.79 Å². The van der Waals surface area contributed by atoms with Crippen LogP contribution in [-0.4, -0.2) is 44.8 Å². The van der Waals surface area contributed by atoms with Crippen LogP contribution in [0.2, 0.25) is 0 Å². The number of fused-ring (bicyclic) bond motifs is 1. The Kier molecular flexibility index (Phi) is 5.44. The minimum atomic E-state index is -0.478. The highest BCUT2D eigenvalue weighted by Gasteiger charge is 2.14. The lowest BCUT2D eigenvalue weighted by Crippen LogP contribution is -2.21. The van der Waals surface area contributed by atoms with E-state index in [1.165, 1.54) is 4.52 Å². The van der Waals surface area contributed by atoms with E-state index in [0.717, 1.165) is 35.7 Å². The quantitative estimate of drug-likeness (QED) is 0.535. The summed E-state index contributed by atoms with van der Waals surface area (Å²) < 4.78 is 1.54. The summed E-state index contributed by atoms with van der Waals surface area (Å²) in [6, 6.07) is 9.88. The van der Waals surface area contributed by atoms with Crippen molar-refractivity contribution in [3.05, 3.63) is 53.1 Å². The Labute approximate surface area is 157 Å². The number of amides is 1. The standard InChI is InChI=1S/C19H23N7O/c1-5-25(6-2)16-9-7-15(8-10-16)12-20-23-18(27)17-22-19-21-13(3)11-14(4)26(19)24-17/h7-12H,5-6H2,1-4H3,(H,23,27)/b20-12-. The molecule has 0 spiro atoms. The van der Waals surface area contributed by atoms with E-state index >= 15 is 0 Å². The minimum absolute atomic E-state index is 0.0326. The average molecular weight is 365 g/mol. The van der Waals surface area contributed by atoms with E-state index in [0.29, 0.717) is 5.78 Å². The molecule has 1 amide bonds. The van der Waals surface area contributed by atoms with Gasteiger partial charge in [-0.2, -0.15) is 10.1 Å². The van der Waals surface area contributed by atoms with E-state index in [-0.39, 0.29) is 5.82 Å². The van der Waals surface area contributed by atoms with Gasteiger partial charge in [0.05, 0.1) is 6.21 Å². The zero-order valence-corrected chi connectivity index (χ0v) is 16.0. The number of carbonyl (C=O) groups is 1. The normalized spacial score (nSPS) is 11.3.